The molecule has 362 valence electrons. The molecule has 0 aliphatic rings. The number of aryl methyl sites for hydroxylation is 4. The molecule has 3 aromatic heterocycles. The summed E-state index contributed by atoms with van der Waals surface area (Å²) in [6, 6.07) is 72.2. The number of benzene rings is 9. The van der Waals surface area contributed by atoms with Crippen LogP contribution in [0.2, 0.25) is 0 Å². The van der Waals surface area contributed by atoms with Gasteiger partial charge in [0, 0.05) is 49.3 Å². The number of fused-ring (bicyclic) bond motifs is 9. The second-order valence-corrected chi connectivity index (χ2v) is 20.7. The van der Waals surface area contributed by atoms with E-state index in [0.29, 0.717) is 0 Å². The van der Waals surface area contributed by atoms with E-state index in [1.165, 1.54) is 178 Å². The number of para-hydroxylation sites is 2. The van der Waals surface area contributed by atoms with Gasteiger partial charge in [-0.1, -0.05) is 150 Å². The van der Waals surface area contributed by atoms with Crippen molar-refractivity contribution in [1.29, 1.82) is 0 Å². The summed E-state index contributed by atoms with van der Waals surface area (Å²) in [5.41, 5.74) is 21.5. The van der Waals surface area contributed by atoms with Crippen LogP contribution in [-0.4, -0.2) is 13.7 Å². The first kappa shape index (κ1) is 46.5. The Morgan fingerprint density at radius 3 is 1.19 bits per heavy atom. The van der Waals surface area contributed by atoms with E-state index < -0.39 is 0 Å². The molecular weight excluding hydrogens is 883 g/mol. The number of nitrogens with zero attached hydrogens (tertiary/aromatic N) is 3. The maximum Gasteiger partial charge on any atom is 0.0542 e. The topological polar surface area (TPSA) is 14.8 Å². The first-order chi connectivity index (χ1) is 36.0. The lowest BCUT2D eigenvalue weighted by Gasteiger charge is -2.19. The third kappa shape index (κ3) is 8.43. The van der Waals surface area contributed by atoms with Crippen molar-refractivity contribution in [2.45, 2.75) is 105 Å². The molecule has 3 heterocycles. The molecule has 73 heavy (non-hydrogen) atoms. The van der Waals surface area contributed by atoms with Gasteiger partial charge in [-0.25, -0.2) is 0 Å². The first-order valence-electron chi connectivity index (χ1n) is 27.5. The van der Waals surface area contributed by atoms with Gasteiger partial charge in [-0.05, 0) is 181 Å². The van der Waals surface area contributed by atoms with Gasteiger partial charge in [0.05, 0.1) is 38.8 Å². The summed E-state index contributed by atoms with van der Waals surface area (Å²) in [6.45, 7) is 9.14. The lowest BCUT2D eigenvalue weighted by atomic mass is 9.92. The highest BCUT2D eigenvalue weighted by Gasteiger charge is 2.22. The molecule has 0 fully saturated rings. The largest absolute Gasteiger partial charge is 0.309 e. The molecule has 12 aromatic rings. The standard InChI is InChI=1S/C70H67N3/c1-5-9-20-48-30-37-66-59(42-48)60-43-49(21-10-6-2)31-38-67(60)71(66)53-34-36-55(58(46-53)52-24-14-13-15-25-52)56-26-16-18-28-64(56)73-65-29-19-17-27-57(65)63-47-54(35-41-70(63)73)72-68-39-32-50(22-11-7-3)44-61(68)62-45-51(23-12-8-4)33-40-69(62)72/h13-19,24-47H,5-12,20-23H2,1-4H3. The van der Waals surface area contributed by atoms with Crippen molar-refractivity contribution in [3.63, 3.8) is 0 Å². The van der Waals surface area contributed by atoms with Crippen molar-refractivity contribution in [1.82, 2.24) is 13.7 Å². The molecule has 0 aliphatic carbocycles. The zero-order chi connectivity index (χ0) is 49.4. The minimum absolute atomic E-state index is 1.11. The number of rotatable bonds is 17. The quantitative estimate of drug-likeness (QED) is 0.0864. The second kappa shape index (κ2) is 20.1. The molecule has 0 radical (unpaired) electrons. The molecule has 0 unspecified atom stereocenters. The van der Waals surface area contributed by atoms with Gasteiger partial charge in [0.15, 0.2) is 0 Å². The van der Waals surface area contributed by atoms with Gasteiger partial charge in [-0.3, -0.25) is 0 Å². The molecule has 3 nitrogen and oxygen atoms in total. The lowest BCUT2D eigenvalue weighted by molar-refractivity contribution is 0.795. The van der Waals surface area contributed by atoms with Gasteiger partial charge in [-0.15, -0.1) is 0 Å². The molecule has 0 amide bonds. The Bertz CT molecular complexity index is 3840. The molecule has 0 saturated carbocycles. The number of unbranched alkanes of at least 4 members (excludes halogenated alkanes) is 4. The van der Waals surface area contributed by atoms with Crippen LogP contribution in [0.1, 0.15) is 101 Å². The van der Waals surface area contributed by atoms with Crippen molar-refractivity contribution >= 4 is 65.4 Å². The zero-order valence-corrected chi connectivity index (χ0v) is 43.2. The molecular formula is C70H67N3. The predicted octanol–water partition coefficient (Wildman–Crippen LogP) is 19.7. The van der Waals surface area contributed by atoms with E-state index in [-0.39, 0.29) is 0 Å². The van der Waals surface area contributed by atoms with Crippen LogP contribution in [0.25, 0.3) is 105 Å². The van der Waals surface area contributed by atoms with Crippen molar-refractivity contribution < 1.29 is 0 Å². The van der Waals surface area contributed by atoms with Crippen LogP contribution < -0.4 is 0 Å². The Labute approximate surface area is 431 Å². The van der Waals surface area contributed by atoms with Crippen LogP contribution in [0.15, 0.2) is 188 Å². The smallest absolute Gasteiger partial charge is 0.0542 e. The molecule has 0 aliphatic heterocycles. The summed E-state index contributed by atoms with van der Waals surface area (Å²) >= 11 is 0. The van der Waals surface area contributed by atoms with Gasteiger partial charge in [0.1, 0.15) is 0 Å². The maximum atomic E-state index is 2.51. The molecule has 12 rings (SSSR count). The first-order valence-corrected chi connectivity index (χ1v) is 27.5. The minimum atomic E-state index is 1.11. The van der Waals surface area contributed by atoms with E-state index in [9.17, 15) is 0 Å². The number of hydrogen-bond donors (Lipinski definition) is 0. The third-order valence-electron chi connectivity index (χ3n) is 15.8. The number of aromatic nitrogens is 3. The minimum Gasteiger partial charge on any atom is -0.309 e. The summed E-state index contributed by atoms with van der Waals surface area (Å²) in [5, 5.41) is 7.89. The van der Waals surface area contributed by atoms with Crippen LogP contribution in [0.4, 0.5) is 0 Å². The molecule has 0 saturated heterocycles. The number of hydrogen-bond acceptors (Lipinski definition) is 0. The van der Waals surface area contributed by atoms with Crippen molar-refractivity contribution in [3.8, 4) is 39.3 Å². The average molecular weight is 950 g/mol. The average Bonchev–Trinajstić information content (AvgIpc) is 4.07. The monoisotopic (exact) mass is 950 g/mol. The highest BCUT2D eigenvalue weighted by Crippen LogP contribution is 2.43. The van der Waals surface area contributed by atoms with E-state index in [4.69, 9.17) is 0 Å². The van der Waals surface area contributed by atoms with Gasteiger partial charge in [-0.2, -0.15) is 0 Å². The summed E-state index contributed by atoms with van der Waals surface area (Å²) < 4.78 is 7.54. The predicted molar refractivity (Wildman–Crippen MR) is 315 cm³/mol. The van der Waals surface area contributed by atoms with Gasteiger partial charge < -0.3 is 13.7 Å². The SMILES string of the molecule is CCCCc1ccc2c(c1)c1cc(CCCC)ccc1n2-c1ccc(-c2ccccc2-n2c3ccccc3c3cc(-n4c5ccc(CCCC)cc5c5cc(CCCC)ccc54)ccc32)c(-c2ccccc2)c1. The van der Waals surface area contributed by atoms with Crippen LogP contribution in [-0.2, 0) is 25.7 Å². The highest BCUT2D eigenvalue weighted by atomic mass is 15.0. The van der Waals surface area contributed by atoms with E-state index in [2.05, 4.69) is 229 Å². The summed E-state index contributed by atoms with van der Waals surface area (Å²) in [6.07, 6.45) is 14.0. The Balaban J connectivity index is 1.03. The van der Waals surface area contributed by atoms with E-state index >= 15 is 0 Å². The molecule has 0 atom stereocenters. The van der Waals surface area contributed by atoms with E-state index in [0.717, 1.165) is 25.7 Å². The van der Waals surface area contributed by atoms with E-state index in [1.807, 2.05) is 0 Å². The van der Waals surface area contributed by atoms with Crippen LogP contribution >= 0.6 is 0 Å². The summed E-state index contributed by atoms with van der Waals surface area (Å²) in [7, 11) is 0. The fourth-order valence-electron chi connectivity index (χ4n) is 12.0. The van der Waals surface area contributed by atoms with Gasteiger partial charge in [0.25, 0.3) is 0 Å². The molecule has 0 spiro atoms. The second-order valence-electron chi connectivity index (χ2n) is 20.7. The molecule has 0 bridgehead atoms. The van der Waals surface area contributed by atoms with Crippen molar-refractivity contribution in [2.24, 2.45) is 0 Å². The fourth-order valence-corrected chi connectivity index (χ4v) is 12.0. The maximum absolute atomic E-state index is 2.51. The van der Waals surface area contributed by atoms with Crippen LogP contribution in [0.5, 0.6) is 0 Å². The molecule has 9 aromatic carbocycles. The highest BCUT2D eigenvalue weighted by molar-refractivity contribution is 6.13. The fraction of sp³-hybridized carbons (Fsp3) is 0.229. The summed E-state index contributed by atoms with van der Waals surface area (Å²) in [4.78, 5) is 0. The van der Waals surface area contributed by atoms with E-state index in [1.54, 1.807) is 0 Å². The Hall–Kier alpha value is -7.62. The van der Waals surface area contributed by atoms with Crippen LogP contribution in [0, 0.1) is 0 Å². The zero-order valence-electron chi connectivity index (χ0n) is 43.2. The van der Waals surface area contributed by atoms with Gasteiger partial charge in [0.2, 0.25) is 0 Å². The third-order valence-corrected chi connectivity index (χ3v) is 15.8. The Morgan fingerprint density at radius 2 is 0.671 bits per heavy atom. The molecule has 3 heteroatoms. The molecule has 0 N–H and O–H groups in total. The Kier molecular flexibility index (Phi) is 12.8. The van der Waals surface area contributed by atoms with Crippen molar-refractivity contribution in [2.75, 3.05) is 0 Å². The summed E-state index contributed by atoms with van der Waals surface area (Å²) in [5.74, 6) is 0. The van der Waals surface area contributed by atoms with Gasteiger partial charge >= 0.3 is 0 Å². The normalized spacial score (nSPS) is 11.9. The lowest BCUT2D eigenvalue weighted by Crippen LogP contribution is -2.00. The Morgan fingerprint density at radius 1 is 0.274 bits per heavy atom. The van der Waals surface area contributed by atoms with Crippen molar-refractivity contribution in [3.05, 3.63) is 210 Å². The van der Waals surface area contributed by atoms with Crippen LogP contribution in [0.3, 0.4) is 0 Å².